The molecule has 8 nitrogen and oxygen atoms in total. The molecular weight excluding hydrogens is 323 g/mol. The van der Waals surface area contributed by atoms with Gasteiger partial charge in [0, 0.05) is 38.1 Å². The Labute approximate surface area is 137 Å². The first kappa shape index (κ1) is 17.6. The molecule has 0 radical (unpaired) electrons. The quantitative estimate of drug-likeness (QED) is 0.621. The molecule has 1 amide bonds. The lowest BCUT2D eigenvalue weighted by molar-refractivity contribution is 0.0598. The van der Waals surface area contributed by atoms with E-state index in [0.29, 0.717) is 25.9 Å². The minimum absolute atomic E-state index is 0.0725. The van der Waals surface area contributed by atoms with Gasteiger partial charge in [0.25, 0.3) is 0 Å². The first-order chi connectivity index (χ1) is 11.5. The van der Waals surface area contributed by atoms with E-state index in [1.165, 1.54) is 24.1 Å². The van der Waals surface area contributed by atoms with Gasteiger partial charge < -0.3 is 30.0 Å². The number of amides is 1. The van der Waals surface area contributed by atoms with Crippen LogP contribution in [0.5, 0.6) is 11.5 Å². The summed E-state index contributed by atoms with van der Waals surface area (Å²) in [6.07, 6.45) is -0.314. The summed E-state index contributed by atoms with van der Waals surface area (Å²) < 4.78 is 27.8. The summed E-state index contributed by atoms with van der Waals surface area (Å²) in [6.45, 7) is -0.416. The molecule has 1 fully saturated rings. The topological polar surface area (TPSA) is 111 Å². The van der Waals surface area contributed by atoms with Crippen molar-refractivity contribution in [3.63, 3.8) is 0 Å². The van der Waals surface area contributed by atoms with Crippen LogP contribution >= 0.6 is 0 Å². The standard InChI is InChI=1S/C15H19FN2O6/c1-22-14(19)10-6-13(12(23-8-16)7-11(10)17)24-9-2-4-18(5-3-9)15(20)21/h6-7,9H,2-5,8,17H2,1H3,(H,20,21). The monoisotopic (exact) mass is 342 g/mol. The molecule has 1 aromatic carbocycles. The summed E-state index contributed by atoms with van der Waals surface area (Å²) in [5.74, 6) is -0.413. The van der Waals surface area contributed by atoms with Crippen LogP contribution in [0.3, 0.4) is 0 Å². The normalized spacial score (nSPS) is 15.0. The van der Waals surface area contributed by atoms with E-state index in [4.69, 9.17) is 20.3 Å². The Morgan fingerprint density at radius 3 is 2.54 bits per heavy atom. The van der Waals surface area contributed by atoms with Gasteiger partial charge in [-0.1, -0.05) is 0 Å². The van der Waals surface area contributed by atoms with Gasteiger partial charge in [-0.3, -0.25) is 0 Å². The predicted octanol–water partition coefficient (Wildman–Crippen LogP) is 1.88. The number of nitrogens with zero attached hydrogens (tertiary/aromatic N) is 1. The predicted molar refractivity (Wildman–Crippen MR) is 82.0 cm³/mol. The zero-order valence-electron chi connectivity index (χ0n) is 13.2. The Kier molecular flexibility index (Phi) is 5.67. The number of nitrogen functional groups attached to an aromatic ring is 1. The van der Waals surface area contributed by atoms with E-state index in [1.54, 1.807) is 0 Å². The van der Waals surface area contributed by atoms with Crippen LogP contribution < -0.4 is 15.2 Å². The number of carbonyl (C=O) groups excluding carboxylic acids is 1. The lowest BCUT2D eigenvalue weighted by Crippen LogP contribution is -2.41. The minimum atomic E-state index is -1.08. The van der Waals surface area contributed by atoms with Gasteiger partial charge >= 0.3 is 12.1 Å². The molecule has 1 aromatic rings. The molecule has 3 N–H and O–H groups in total. The van der Waals surface area contributed by atoms with Crippen molar-refractivity contribution in [2.24, 2.45) is 0 Å². The maximum atomic E-state index is 12.6. The highest BCUT2D eigenvalue weighted by Crippen LogP contribution is 2.34. The molecule has 0 saturated carbocycles. The molecule has 0 atom stereocenters. The van der Waals surface area contributed by atoms with Gasteiger partial charge in [0.1, 0.15) is 6.10 Å². The largest absolute Gasteiger partial charge is 0.486 e. The number of nitrogens with two attached hydrogens (primary N) is 1. The number of carbonyl (C=O) groups is 2. The van der Waals surface area contributed by atoms with Crippen molar-refractivity contribution >= 4 is 17.7 Å². The number of methoxy groups -OCH3 is 1. The number of ether oxygens (including phenoxy) is 3. The number of halogens is 1. The highest BCUT2D eigenvalue weighted by molar-refractivity contribution is 5.96. The number of piperidine rings is 1. The highest BCUT2D eigenvalue weighted by atomic mass is 19.1. The van der Waals surface area contributed by atoms with Gasteiger partial charge in [-0.15, -0.1) is 0 Å². The van der Waals surface area contributed by atoms with Crippen LogP contribution in [-0.2, 0) is 4.74 Å². The molecule has 9 heteroatoms. The summed E-state index contributed by atoms with van der Waals surface area (Å²) in [4.78, 5) is 23.9. The van der Waals surface area contributed by atoms with Gasteiger partial charge in [-0.05, 0) is 0 Å². The van der Waals surface area contributed by atoms with Crippen molar-refractivity contribution in [3.8, 4) is 11.5 Å². The van der Waals surface area contributed by atoms with E-state index < -0.39 is 18.9 Å². The second kappa shape index (κ2) is 7.71. The summed E-state index contributed by atoms with van der Waals surface area (Å²) in [5, 5.41) is 8.94. The molecule has 0 aliphatic carbocycles. The summed E-state index contributed by atoms with van der Waals surface area (Å²) in [6, 6.07) is 2.64. The minimum Gasteiger partial charge on any atom is -0.486 e. The Bertz CT molecular complexity index is 616. The third kappa shape index (κ3) is 3.98. The molecular formula is C15H19FN2O6. The van der Waals surface area contributed by atoms with E-state index in [9.17, 15) is 14.0 Å². The summed E-state index contributed by atoms with van der Waals surface area (Å²) >= 11 is 0. The third-order valence-electron chi connectivity index (χ3n) is 3.74. The number of benzene rings is 1. The molecule has 0 spiro atoms. The fraction of sp³-hybridized carbons (Fsp3) is 0.467. The number of hydrogen-bond acceptors (Lipinski definition) is 6. The first-order valence-corrected chi connectivity index (χ1v) is 7.31. The van der Waals surface area contributed by atoms with E-state index in [-0.39, 0.29) is 28.9 Å². The molecule has 132 valence electrons. The molecule has 0 aromatic heterocycles. The fourth-order valence-electron chi connectivity index (χ4n) is 2.47. The van der Waals surface area contributed by atoms with Gasteiger partial charge in [-0.25, -0.2) is 14.0 Å². The maximum absolute atomic E-state index is 12.6. The van der Waals surface area contributed by atoms with Crippen molar-refractivity contribution in [1.29, 1.82) is 0 Å². The van der Waals surface area contributed by atoms with E-state index >= 15 is 0 Å². The molecule has 24 heavy (non-hydrogen) atoms. The first-order valence-electron chi connectivity index (χ1n) is 7.31. The maximum Gasteiger partial charge on any atom is 0.407 e. The van der Waals surface area contributed by atoms with Gasteiger partial charge in [0.15, 0.2) is 11.5 Å². The van der Waals surface area contributed by atoms with E-state index in [1.807, 2.05) is 0 Å². The molecule has 1 aliphatic rings. The van der Waals surface area contributed by atoms with Crippen LogP contribution in [0, 0.1) is 0 Å². The summed E-state index contributed by atoms with van der Waals surface area (Å²) in [5.41, 5.74) is 5.92. The molecule has 0 bridgehead atoms. The second-order valence-electron chi connectivity index (χ2n) is 5.22. The zero-order chi connectivity index (χ0) is 17.7. The van der Waals surface area contributed by atoms with Crippen molar-refractivity contribution in [1.82, 2.24) is 4.90 Å². The Morgan fingerprint density at radius 1 is 1.33 bits per heavy atom. The number of carboxylic acid groups (broad SMARTS) is 1. The Morgan fingerprint density at radius 2 is 2.00 bits per heavy atom. The fourth-order valence-corrected chi connectivity index (χ4v) is 2.47. The molecule has 1 saturated heterocycles. The van der Waals surface area contributed by atoms with Crippen LogP contribution in [0.15, 0.2) is 12.1 Å². The Hall–Kier alpha value is -2.71. The molecule has 1 heterocycles. The van der Waals surface area contributed by atoms with Crippen molar-refractivity contribution < 1.29 is 33.3 Å². The lowest BCUT2D eigenvalue weighted by Gasteiger charge is -2.30. The number of anilines is 1. The molecule has 0 unspecified atom stereocenters. The zero-order valence-corrected chi connectivity index (χ0v) is 13.2. The van der Waals surface area contributed by atoms with Crippen molar-refractivity contribution in [2.45, 2.75) is 18.9 Å². The van der Waals surface area contributed by atoms with Crippen LogP contribution in [0.1, 0.15) is 23.2 Å². The average Bonchev–Trinajstić information content (AvgIpc) is 2.57. The van der Waals surface area contributed by atoms with Crippen molar-refractivity contribution in [3.05, 3.63) is 17.7 Å². The number of rotatable bonds is 5. The van der Waals surface area contributed by atoms with Crippen molar-refractivity contribution in [2.75, 3.05) is 32.8 Å². The van der Waals surface area contributed by atoms with Crippen LogP contribution in [-0.4, -0.2) is 55.2 Å². The molecule has 1 aliphatic heterocycles. The molecule has 2 rings (SSSR count). The lowest BCUT2D eigenvalue weighted by atomic mass is 10.1. The van der Waals surface area contributed by atoms with Gasteiger partial charge in [0.05, 0.1) is 18.4 Å². The SMILES string of the molecule is COC(=O)c1cc(OC2CCN(C(=O)O)CC2)c(OCF)cc1N. The number of hydrogen-bond donors (Lipinski definition) is 2. The highest BCUT2D eigenvalue weighted by Gasteiger charge is 2.25. The van der Waals surface area contributed by atoms with Crippen LogP contribution in [0.4, 0.5) is 14.9 Å². The van der Waals surface area contributed by atoms with Gasteiger partial charge in [0.2, 0.25) is 6.86 Å². The van der Waals surface area contributed by atoms with Gasteiger partial charge in [-0.2, -0.15) is 0 Å². The van der Waals surface area contributed by atoms with E-state index in [0.717, 1.165) is 0 Å². The Balaban J connectivity index is 2.18. The number of alkyl halides is 1. The number of likely N-dealkylation sites (tertiary alicyclic amines) is 1. The van der Waals surface area contributed by atoms with Crippen LogP contribution in [0.25, 0.3) is 0 Å². The second-order valence-corrected chi connectivity index (χ2v) is 5.22. The smallest absolute Gasteiger partial charge is 0.407 e. The average molecular weight is 342 g/mol. The van der Waals surface area contributed by atoms with E-state index in [2.05, 4.69) is 4.74 Å². The number of esters is 1. The summed E-state index contributed by atoms with van der Waals surface area (Å²) in [7, 11) is 1.22. The third-order valence-corrected chi connectivity index (χ3v) is 3.74. The van der Waals surface area contributed by atoms with Crippen LogP contribution in [0.2, 0.25) is 0 Å².